The van der Waals surface area contributed by atoms with Gasteiger partial charge in [-0.1, -0.05) is 0 Å². The summed E-state index contributed by atoms with van der Waals surface area (Å²) < 4.78 is 10.4. The molecule has 0 radical (unpaired) electrons. The lowest BCUT2D eigenvalue weighted by Crippen LogP contribution is -2.13. The van der Waals surface area contributed by atoms with Gasteiger partial charge in [0.05, 0.1) is 20.8 Å². The Labute approximate surface area is 119 Å². The molecule has 0 unspecified atom stereocenters. The third-order valence-corrected chi connectivity index (χ3v) is 2.79. The maximum atomic E-state index is 9.67. The van der Waals surface area contributed by atoms with Crippen molar-refractivity contribution in [1.82, 2.24) is 0 Å². The molecule has 1 atom stereocenters. The molecule has 0 bridgehead atoms. The number of hydrogen-bond acceptors (Lipinski definition) is 5. The van der Waals surface area contributed by atoms with Crippen LogP contribution in [-0.4, -0.2) is 36.8 Å². The van der Waals surface area contributed by atoms with Gasteiger partial charge in [0, 0.05) is 17.8 Å². The van der Waals surface area contributed by atoms with E-state index in [-0.39, 0.29) is 5.76 Å². The summed E-state index contributed by atoms with van der Waals surface area (Å²) in [4.78, 5) is 4.12. The molecule has 0 saturated heterocycles. The monoisotopic (exact) mass is 279 g/mol. The Balaban J connectivity index is 2.77. The van der Waals surface area contributed by atoms with Crippen molar-refractivity contribution in [2.45, 2.75) is 26.5 Å². The van der Waals surface area contributed by atoms with Crippen LogP contribution in [0.15, 0.2) is 34.5 Å². The van der Waals surface area contributed by atoms with Crippen LogP contribution in [0.2, 0.25) is 0 Å². The van der Waals surface area contributed by atoms with E-state index in [0.29, 0.717) is 23.6 Å². The highest BCUT2D eigenvalue weighted by Crippen LogP contribution is 2.25. The van der Waals surface area contributed by atoms with Crippen molar-refractivity contribution >= 4 is 6.21 Å². The molecule has 0 saturated carbocycles. The summed E-state index contributed by atoms with van der Waals surface area (Å²) >= 11 is 0. The van der Waals surface area contributed by atoms with Gasteiger partial charge in [0.15, 0.2) is 0 Å². The number of aliphatic imine (C=N–C) groups is 1. The van der Waals surface area contributed by atoms with Gasteiger partial charge in [0.2, 0.25) is 0 Å². The van der Waals surface area contributed by atoms with Crippen LogP contribution >= 0.6 is 0 Å². The largest absolute Gasteiger partial charge is 0.509 e. The fraction of sp³-hybridized carbons (Fsp3) is 0.400. The predicted molar refractivity (Wildman–Crippen MR) is 78.8 cm³/mol. The lowest BCUT2D eigenvalue weighted by molar-refractivity contribution is 0.208. The smallest absolute Gasteiger partial charge is 0.145 e. The van der Waals surface area contributed by atoms with Gasteiger partial charge in [-0.3, -0.25) is 4.99 Å². The van der Waals surface area contributed by atoms with Crippen LogP contribution in [0.1, 0.15) is 19.4 Å². The molecule has 0 aliphatic carbocycles. The van der Waals surface area contributed by atoms with Gasteiger partial charge in [0.25, 0.3) is 0 Å². The molecule has 20 heavy (non-hydrogen) atoms. The fourth-order valence-electron chi connectivity index (χ4n) is 1.60. The van der Waals surface area contributed by atoms with Crippen LogP contribution in [0.5, 0.6) is 11.5 Å². The van der Waals surface area contributed by atoms with E-state index in [9.17, 15) is 10.2 Å². The minimum Gasteiger partial charge on any atom is -0.509 e. The van der Waals surface area contributed by atoms with Crippen molar-refractivity contribution in [2.75, 3.05) is 14.2 Å². The van der Waals surface area contributed by atoms with Crippen LogP contribution in [0.3, 0.4) is 0 Å². The average molecular weight is 279 g/mol. The van der Waals surface area contributed by atoms with Gasteiger partial charge in [-0.05, 0) is 31.6 Å². The number of methoxy groups -OCH3 is 2. The first-order chi connectivity index (χ1) is 9.49. The van der Waals surface area contributed by atoms with Crippen LogP contribution in [0.4, 0.5) is 0 Å². The van der Waals surface area contributed by atoms with Crippen LogP contribution in [0.25, 0.3) is 0 Å². The topological polar surface area (TPSA) is 71.3 Å². The number of rotatable bonds is 6. The molecule has 0 fully saturated rings. The number of benzene rings is 1. The zero-order chi connectivity index (χ0) is 15.1. The normalized spacial score (nSPS) is 12.2. The number of allylic oxidation sites excluding steroid dienone is 1. The lowest BCUT2D eigenvalue weighted by Gasteiger charge is -2.09. The molecule has 0 spiro atoms. The second-order valence-corrected chi connectivity index (χ2v) is 4.50. The zero-order valence-corrected chi connectivity index (χ0v) is 12.3. The van der Waals surface area contributed by atoms with Crippen LogP contribution < -0.4 is 9.47 Å². The Morgan fingerprint density at radius 2 is 2.00 bits per heavy atom. The van der Waals surface area contributed by atoms with E-state index in [1.807, 2.05) is 12.1 Å². The van der Waals surface area contributed by atoms with Crippen LogP contribution in [-0.2, 0) is 6.54 Å². The first kappa shape index (κ1) is 16.0. The SMILES string of the molecule is COc1ccc(CN=C[C@@H](O)C(O)=C(C)C)c(OC)c1. The maximum Gasteiger partial charge on any atom is 0.145 e. The van der Waals surface area contributed by atoms with E-state index in [1.165, 1.54) is 6.21 Å². The van der Waals surface area contributed by atoms with Crippen molar-refractivity contribution < 1.29 is 19.7 Å². The molecule has 5 nitrogen and oxygen atoms in total. The first-order valence-corrected chi connectivity index (χ1v) is 6.24. The van der Waals surface area contributed by atoms with Crippen molar-refractivity contribution in [3.05, 3.63) is 35.1 Å². The quantitative estimate of drug-likeness (QED) is 0.620. The van der Waals surface area contributed by atoms with Crippen molar-refractivity contribution in [1.29, 1.82) is 0 Å². The summed E-state index contributed by atoms with van der Waals surface area (Å²) in [6, 6.07) is 5.44. The van der Waals surface area contributed by atoms with Crippen molar-refractivity contribution in [2.24, 2.45) is 4.99 Å². The molecule has 0 heterocycles. The highest BCUT2D eigenvalue weighted by atomic mass is 16.5. The lowest BCUT2D eigenvalue weighted by atomic mass is 10.2. The number of aliphatic hydroxyl groups is 2. The Hall–Kier alpha value is -2.01. The maximum absolute atomic E-state index is 9.67. The Morgan fingerprint density at radius 3 is 2.55 bits per heavy atom. The summed E-state index contributed by atoms with van der Waals surface area (Å²) in [6.45, 7) is 3.79. The summed E-state index contributed by atoms with van der Waals surface area (Å²) in [6.07, 6.45) is 0.232. The van der Waals surface area contributed by atoms with Crippen molar-refractivity contribution in [3.63, 3.8) is 0 Å². The van der Waals surface area contributed by atoms with E-state index in [4.69, 9.17) is 9.47 Å². The summed E-state index contributed by atoms with van der Waals surface area (Å²) in [7, 11) is 3.16. The molecule has 0 amide bonds. The van der Waals surface area contributed by atoms with E-state index in [2.05, 4.69) is 4.99 Å². The fourth-order valence-corrected chi connectivity index (χ4v) is 1.60. The van der Waals surface area contributed by atoms with Gasteiger partial charge in [-0.2, -0.15) is 0 Å². The van der Waals surface area contributed by atoms with E-state index >= 15 is 0 Å². The van der Waals surface area contributed by atoms with E-state index in [1.54, 1.807) is 34.1 Å². The van der Waals surface area contributed by atoms with Gasteiger partial charge < -0.3 is 19.7 Å². The Bertz CT molecular complexity index is 505. The minimum absolute atomic E-state index is 0.0737. The summed E-state index contributed by atoms with van der Waals surface area (Å²) in [5.41, 5.74) is 1.53. The Morgan fingerprint density at radius 1 is 1.30 bits per heavy atom. The number of aliphatic hydroxyl groups excluding tert-OH is 2. The van der Waals surface area contributed by atoms with Gasteiger partial charge in [-0.15, -0.1) is 0 Å². The second kappa shape index (κ2) is 7.55. The average Bonchev–Trinajstić information content (AvgIpc) is 2.46. The summed E-state index contributed by atoms with van der Waals surface area (Å²) in [5, 5.41) is 19.2. The van der Waals surface area contributed by atoms with Gasteiger partial charge >= 0.3 is 0 Å². The highest BCUT2D eigenvalue weighted by Gasteiger charge is 2.08. The van der Waals surface area contributed by atoms with E-state index < -0.39 is 6.10 Å². The number of nitrogens with zero attached hydrogens (tertiary/aromatic N) is 1. The molecular weight excluding hydrogens is 258 g/mol. The predicted octanol–water partition coefficient (Wildman–Crippen LogP) is 2.49. The molecule has 0 aromatic heterocycles. The number of ether oxygens (including phenoxy) is 2. The molecular formula is C15H21NO4. The second-order valence-electron chi connectivity index (χ2n) is 4.50. The van der Waals surface area contributed by atoms with Crippen LogP contribution in [0, 0.1) is 0 Å². The standard InChI is InChI=1S/C15H21NO4/c1-10(2)15(18)13(17)9-16-8-11-5-6-12(19-3)7-14(11)20-4/h5-7,9,13,17-18H,8H2,1-4H3/t13-/m1/s1. The molecule has 0 aliphatic heterocycles. The molecule has 5 heteroatoms. The third-order valence-electron chi connectivity index (χ3n) is 2.79. The van der Waals surface area contributed by atoms with Gasteiger partial charge in [0.1, 0.15) is 23.4 Å². The third kappa shape index (κ3) is 4.28. The molecule has 2 N–H and O–H groups in total. The molecule has 1 aromatic rings. The van der Waals surface area contributed by atoms with Gasteiger partial charge in [-0.25, -0.2) is 0 Å². The molecule has 1 aromatic carbocycles. The molecule has 0 aliphatic rings. The van der Waals surface area contributed by atoms with Crippen molar-refractivity contribution in [3.8, 4) is 11.5 Å². The summed E-state index contributed by atoms with van der Waals surface area (Å²) in [5.74, 6) is 1.30. The Kier molecular flexibility index (Phi) is 6.06. The molecule has 110 valence electrons. The first-order valence-electron chi connectivity index (χ1n) is 6.24. The zero-order valence-electron chi connectivity index (χ0n) is 12.3. The molecule has 1 rings (SSSR count). The minimum atomic E-state index is -1.08. The highest BCUT2D eigenvalue weighted by molar-refractivity contribution is 5.66. The van der Waals surface area contributed by atoms with E-state index in [0.717, 1.165) is 5.56 Å². The number of hydrogen-bond donors (Lipinski definition) is 2.